The highest BCUT2D eigenvalue weighted by Gasteiger charge is 2.27. The van der Waals surface area contributed by atoms with Crippen molar-refractivity contribution in [2.24, 2.45) is 5.92 Å². The molecule has 3 aromatic heterocycles. The number of alkyl halides is 2. The van der Waals surface area contributed by atoms with E-state index < -0.39 is 12.3 Å². The van der Waals surface area contributed by atoms with Crippen LogP contribution in [0.1, 0.15) is 62.0 Å². The van der Waals surface area contributed by atoms with Crippen molar-refractivity contribution < 1.29 is 13.5 Å². The summed E-state index contributed by atoms with van der Waals surface area (Å²) in [6.45, 7) is 8.12. The Morgan fingerprint density at radius 1 is 1.11 bits per heavy atom. The zero-order valence-electron chi connectivity index (χ0n) is 21.2. The van der Waals surface area contributed by atoms with Crippen LogP contribution in [-0.2, 0) is 4.74 Å². The van der Waals surface area contributed by atoms with Crippen LogP contribution in [-0.4, -0.2) is 57.0 Å². The van der Waals surface area contributed by atoms with Crippen molar-refractivity contribution >= 4 is 22.6 Å². The van der Waals surface area contributed by atoms with E-state index in [4.69, 9.17) is 19.7 Å². The molecule has 3 aliphatic rings. The summed E-state index contributed by atoms with van der Waals surface area (Å²) in [5.41, 5.74) is 4.54. The zero-order valence-corrected chi connectivity index (χ0v) is 21.2. The Kier molecular flexibility index (Phi) is 7.27. The minimum absolute atomic E-state index is 0.116. The van der Waals surface area contributed by atoms with E-state index >= 15 is 0 Å². The number of fused-ring (bicyclic) bond motifs is 1. The van der Waals surface area contributed by atoms with E-state index in [-0.39, 0.29) is 6.10 Å². The Morgan fingerprint density at radius 2 is 1.94 bits per heavy atom. The van der Waals surface area contributed by atoms with E-state index in [9.17, 15) is 8.78 Å². The average Bonchev–Trinajstić information content (AvgIpc) is 3.58. The lowest BCUT2D eigenvalue weighted by molar-refractivity contribution is 0.0526. The van der Waals surface area contributed by atoms with Crippen LogP contribution in [0.5, 0.6) is 0 Å². The van der Waals surface area contributed by atoms with Crippen LogP contribution in [0.4, 0.5) is 14.7 Å². The lowest BCUT2D eigenvalue weighted by Crippen LogP contribution is -2.42. The smallest absolute Gasteiger partial charge is 0.241 e. The van der Waals surface area contributed by atoms with Gasteiger partial charge in [0.15, 0.2) is 5.65 Å². The van der Waals surface area contributed by atoms with Crippen LogP contribution in [0.15, 0.2) is 30.6 Å². The lowest BCUT2D eigenvalue weighted by atomic mass is 9.87. The molecule has 192 valence electrons. The van der Waals surface area contributed by atoms with Crippen molar-refractivity contribution in [2.75, 3.05) is 24.6 Å². The molecule has 2 atom stereocenters. The Morgan fingerprint density at radius 3 is 2.58 bits per heavy atom. The van der Waals surface area contributed by atoms with Gasteiger partial charge in [-0.3, -0.25) is 4.68 Å². The van der Waals surface area contributed by atoms with Gasteiger partial charge in [-0.05, 0) is 76.1 Å². The molecule has 0 spiro atoms. The van der Waals surface area contributed by atoms with E-state index in [0.29, 0.717) is 37.5 Å². The monoisotopic (exact) mass is 496 g/mol. The number of nitrogens with zero attached hydrogens (tertiary/aromatic N) is 6. The largest absolute Gasteiger partial charge is 0.375 e. The summed E-state index contributed by atoms with van der Waals surface area (Å²) >= 11 is 0. The van der Waals surface area contributed by atoms with Crippen molar-refractivity contribution in [1.82, 2.24) is 24.7 Å². The van der Waals surface area contributed by atoms with Gasteiger partial charge in [-0.2, -0.15) is 10.1 Å². The van der Waals surface area contributed by atoms with Crippen molar-refractivity contribution in [3.8, 4) is 0 Å². The molecule has 2 unspecified atom stereocenters. The van der Waals surface area contributed by atoms with E-state index in [1.807, 2.05) is 50.0 Å². The molecule has 36 heavy (non-hydrogen) atoms. The molecule has 0 aromatic carbocycles. The van der Waals surface area contributed by atoms with Crippen molar-refractivity contribution in [2.45, 2.75) is 71.4 Å². The Bertz CT molecular complexity index is 1220. The highest BCUT2D eigenvalue weighted by Crippen LogP contribution is 2.36. The predicted octanol–water partition coefficient (Wildman–Crippen LogP) is 5.53. The molecule has 3 aromatic rings. The number of aryl methyl sites for hydroxylation is 2. The Labute approximate surface area is 210 Å². The normalized spacial score (nSPS) is 22.4. The first kappa shape index (κ1) is 24.7. The first-order valence-electron chi connectivity index (χ1n) is 12.9. The number of allylic oxidation sites excluding steroid dienone is 2. The van der Waals surface area contributed by atoms with E-state index in [2.05, 4.69) is 16.1 Å². The summed E-state index contributed by atoms with van der Waals surface area (Å²) in [5.74, 6) is 0.0869. The van der Waals surface area contributed by atoms with Gasteiger partial charge in [0.25, 0.3) is 0 Å². The SMILES string of the molecule is Cc1cc2c(C3=CCC(C(F)F)CC3)nc(N3CCOC(C)C3)nc2nc1C.c1cnn(C2CC2)c1. The quantitative estimate of drug-likeness (QED) is 0.473. The van der Waals surface area contributed by atoms with E-state index in [1.54, 1.807) is 0 Å². The summed E-state index contributed by atoms with van der Waals surface area (Å²) < 4.78 is 33.8. The van der Waals surface area contributed by atoms with Gasteiger partial charge in [-0.1, -0.05) is 6.08 Å². The average molecular weight is 497 g/mol. The molecule has 7 nitrogen and oxygen atoms in total. The van der Waals surface area contributed by atoms with Gasteiger partial charge in [0, 0.05) is 42.5 Å². The summed E-state index contributed by atoms with van der Waals surface area (Å²) in [7, 11) is 0. The number of hydrogen-bond acceptors (Lipinski definition) is 6. The molecule has 0 amide bonds. The maximum atomic E-state index is 13.1. The fourth-order valence-corrected chi connectivity index (χ4v) is 4.75. The third-order valence-electron chi connectivity index (χ3n) is 7.20. The maximum Gasteiger partial charge on any atom is 0.241 e. The summed E-state index contributed by atoms with van der Waals surface area (Å²) in [5, 5.41) is 4.99. The zero-order chi connectivity index (χ0) is 25.2. The van der Waals surface area contributed by atoms with Gasteiger partial charge in [0.05, 0.1) is 24.4 Å². The van der Waals surface area contributed by atoms with Gasteiger partial charge >= 0.3 is 0 Å². The van der Waals surface area contributed by atoms with Crippen LogP contribution >= 0.6 is 0 Å². The van der Waals surface area contributed by atoms with Crippen LogP contribution in [0, 0.1) is 19.8 Å². The molecule has 1 saturated carbocycles. The first-order valence-corrected chi connectivity index (χ1v) is 12.9. The van der Waals surface area contributed by atoms with E-state index in [0.717, 1.165) is 47.0 Å². The topological polar surface area (TPSA) is 69.0 Å². The third kappa shape index (κ3) is 5.56. The molecule has 9 heteroatoms. The summed E-state index contributed by atoms with van der Waals surface area (Å²) in [6, 6.07) is 4.78. The van der Waals surface area contributed by atoms with Gasteiger partial charge < -0.3 is 9.64 Å². The number of anilines is 1. The van der Waals surface area contributed by atoms with E-state index in [1.165, 1.54) is 12.8 Å². The maximum absolute atomic E-state index is 13.1. The molecule has 1 saturated heterocycles. The fraction of sp³-hybridized carbons (Fsp3) is 0.556. The molecule has 2 fully saturated rings. The number of aromatic nitrogens is 5. The summed E-state index contributed by atoms with van der Waals surface area (Å²) in [4.78, 5) is 16.4. The molecule has 6 rings (SSSR count). The second kappa shape index (κ2) is 10.6. The van der Waals surface area contributed by atoms with Crippen LogP contribution < -0.4 is 4.90 Å². The number of morpholine rings is 1. The van der Waals surface area contributed by atoms with Crippen molar-refractivity contribution in [3.05, 3.63) is 47.6 Å². The van der Waals surface area contributed by atoms with Gasteiger partial charge in [-0.25, -0.2) is 18.7 Å². The number of pyridine rings is 1. The highest BCUT2D eigenvalue weighted by atomic mass is 19.3. The minimum atomic E-state index is -2.27. The third-order valence-corrected chi connectivity index (χ3v) is 7.20. The molecule has 0 radical (unpaired) electrons. The van der Waals surface area contributed by atoms with Gasteiger partial charge in [0.2, 0.25) is 12.4 Å². The molecular formula is C27H34F2N6O. The number of rotatable bonds is 4. The van der Waals surface area contributed by atoms with Crippen LogP contribution in [0.2, 0.25) is 0 Å². The van der Waals surface area contributed by atoms with Crippen molar-refractivity contribution in [3.63, 3.8) is 0 Å². The van der Waals surface area contributed by atoms with Crippen LogP contribution in [0.3, 0.4) is 0 Å². The Hall–Kier alpha value is -2.94. The second-order valence-electron chi connectivity index (χ2n) is 10.1. The van der Waals surface area contributed by atoms with Crippen LogP contribution in [0.25, 0.3) is 16.6 Å². The number of hydrogen-bond donors (Lipinski definition) is 0. The molecule has 4 heterocycles. The Balaban J connectivity index is 0.000000280. The first-order chi connectivity index (χ1) is 17.4. The molecule has 1 aliphatic heterocycles. The predicted molar refractivity (Wildman–Crippen MR) is 136 cm³/mol. The minimum Gasteiger partial charge on any atom is -0.375 e. The number of ether oxygens (including phenoxy) is 1. The van der Waals surface area contributed by atoms with Crippen molar-refractivity contribution in [1.29, 1.82) is 0 Å². The standard InChI is InChI=1S/C21H26F2N4O.C6H8N2/c1-12-10-17-18(15-4-6-16(7-5-15)19(22)23)25-21(26-20(17)24-14(12)3)27-8-9-28-13(2)11-27;1-4-7-8(5-1)6-2-3-6/h4,10,13,16,19H,5-9,11H2,1-3H3;1,4-6H,2-3H2. The highest BCUT2D eigenvalue weighted by molar-refractivity contribution is 5.89. The molecule has 0 bridgehead atoms. The molecular weight excluding hydrogens is 462 g/mol. The van der Waals surface area contributed by atoms with Gasteiger partial charge in [-0.15, -0.1) is 0 Å². The molecule has 2 aliphatic carbocycles. The number of halogens is 2. The summed E-state index contributed by atoms with van der Waals surface area (Å²) in [6.07, 6.45) is 7.76. The molecule has 0 N–H and O–H groups in total. The fourth-order valence-electron chi connectivity index (χ4n) is 4.75. The lowest BCUT2D eigenvalue weighted by Gasteiger charge is -2.31. The van der Waals surface area contributed by atoms with Gasteiger partial charge in [0.1, 0.15) is 0 Å². The second-order valence-corrected chi connectivity index (χ2v) is 10.1.